The van der Waals surface area contributed by atoms with Gasteiger partial charge in [0, 0.05) is 21.4 Å². The van der Waals surface area contributed by atoms with Gasteiger partial charge in [0.05, 0.1) is 11.6 Å². The van der Waals surface area contributed by atoms with Crippen LogP contribution in [-0.2, 0) is 4.79 Å². The number of aliphatic hydroxyl groups excluding tert-OH is 1. The van der Waals surface area contributed by atoms with Crippen LogP contribution < -0.4 is 10.6 Å². The van der Waals surface area contributed by atoms with Crippen molar-refractivity contribution < 1.29 is 9.90 Å². The standard InChI is InChI=1S/C14H19ClN2O2S/c1-3-4-16-13-9-5-10(15)12(20-8(2)7-18)6-11(9)17-14(13)19/h5-6,8,13,16,18H,3-4,7H2,1-2H3,(H,17,19). The zero-order valence-corrected chi connectivity index (χ0v) is 13.1. The number of amides is 1. The quantitative estimate of drug-likeness (QED) is 0.707. The Bertz CT molecular complexity index is 510. The lowest BCUT2D eigenvalue weighted by Crippen LogP contribution is -2.27. The number of hydrogen-bond donors (Lipinski definition) is 3. The normalized spacial score (nSPS) is 18.8. The molecule has 0 spiro atoms. The van der Waals surface area contributed by atoms with E-state index in [1.54, 1.807) is 0 Å². The fourth-order valence-electron chi connectivity index (χ4n) is 2.10. The van der Waals surface area contributed by atoms with Crippen molar-refractivity contribution in [2.45, 2.75) is 36.5 Å². The lowest BCUT2D eigenvalue weighted by molar-refractivity contribution is -0.117. The third-order valence-corrected chi connectivity index (χ3v) is 4.69. The first kappa shape index (κ1) is 15.6. The molecule has 1 aliphatic rings. The summed E-state index contributed by atoms with van der Waals surface area (Å²) in [5, 5.41) is 15.9. The highest BCUT2D eigenvalue weighted by Gasteiger charge is 2.31. The predicted octanol–water partition coefficient (Wildman–Crippen LogP) is 2.81. The topological polar surface area (TPSA) is 61.4 Å². The van der Waals surface area contributed by atoms with Crippen LogP contribution in [-0.4, -0.2) is 29.4 Å². The van der Waals surface area contributed by atoms with E-state index in [-0.39, 0.29) is 23.8 Å². The summed E-state index contributed by atoms with van der Waals surface area (Å²) in [5.74, 6) is -0.0399. The molecule has 6 heteroatoms. The number of nitrogens with one attached hydrogen (secondary N) is 2. The van der Waals surface area contributed by atoms with E-state index >= 15 is 0 Å². The van der Waals surface area contributed by atoms with Gasteiger partial charge in [-0.2, -0.15) is 0 Å². The molecular weight excluding hydrogens is 296 g/mol. The molecule has 2 unspecified atom stereocenters. The number of carbonyl (C=O) groups is 1. The van der Waals surface area contributed by atoms with Crippen LogP contribution in [0, 0.1) is 0 Å². The van der Waals surface area contributed by atoms with Crippen molar-refractivity contribution in [3.8, 4) is 0 Å². The van der Waals surface area contributed by atoms with Gasteiger partial charge in [0.25, 0.3) is 0 Å². The fraction of sp³-hybridized carbons (Fsp3) is 0.500. The average molecular weight is 315 g/mol. The summed E-state index contributed by atoms with van der Waals surface area (Å²) >= 11 is 7.79. The Morgan fingerprint density at radius 1 is 1.55 bits per heavy atom. The van der Waals surface area contributed by atoms with E-state index in [9.17, 15) is 4.79 Å². The Morgan fingerprint density at radius 3 is 2.95 bits per heavy atom. The van der Waals surface area contributed by atoms with E-state index in [2.05, 4.69) is 17.6 Å². The van der Waals surface area contributed by atoms with Gasteiger partial charge in [0.15, 0.2) is 0 Å². The van der Waals surface area contributed by atoms with E-state index < -0.39 is 0 Å². The van der Waals surface area contributed by atoms with Gasteiger partial charge in [-0.3, -0.25) is 4.79 Å². The summed E-state index contributed by atoms with van der Waals surface area (Å²) in [7, 11) is 0. The Hall–Kier alpha value is -0.750. The Morgan fingerprint density at radius 2 is 2.30 bits per heavy atom. The van der Waals surface area contributed by atoms with Crippen LogP contribution in [0.4, 0.5) is 5.69 Å². The number of halogens is 1. The van der Waals surface area contributed by atoms with E-state index in [4.69, 9.17) is 16.7 Å². The molecular formula is C14H19ClN2O2S. The molecule has 0 fully saturated rings. The molecule has 0 saturated carbocycles. The lowest BCUT2D eigenvalue weighted by Gasteiger charge is -2.13. The van der Waals surface area contributed by atoms with Gasteiger partial charge in [-0.05, 0) is 25.1 Å². The maximum atomic E-state index is 12.0. The number of hydrogen-bond acceptors (Lipinski definition) is 4. The third kappa shape index (κ3) is 3.28. The summed E-state index contributed by atoms with van der Waals surface area (Å²) in [6.45, 7) is 4.86. The zero-order valence-electron chi connectivity index (χ0n) is 11.6. The Kier molecular flexibility index (Phi) is 5.32. The molecule has 1 aromatic rings. The van der Waals surface area contributed by atoms with Gasteiger partial charge in [-0.25, -0.2) is 0 Å². The second-order valence-corrected chi connectivity index (χ2v) is 6.74. The smallest absolute Gasteiger partial charge is 0.246 e. The molecule has 0 radical (unpaired) electrons. The number of benzene rings is 1. The van der Waals surface area contributed by atoms with Gasteiger partial charge >= 0.3 is 0 Å². The van der Waals surface area contributed by atoms with Crippen LogP contribution in [0.15, 0.2) is 17.0 Å². The summed E-state index contributed by atoms with van der Waals surface area (Å²) in [6.07, 6.45) is 0.967. The van der Waals surface area contributed by atoms with Crippen molar-refractivity contribution in [2.24, 2.45) is 0 Å². The van der Waals surface area contributed by atoms with Crippen LogP contribution >= 0.6 is 23.4 Å². The fourth-order valence-corrected chi connectivity index (χ4v) is 3.27. The van der Waals surface area contributed by atoms with Crippen LogP contribution in [0.3, 0.4) is 0 Å². The minimum Gasteiger partial charge on any atom is -0.395 e. The van der Waals surface area contributed by atoms with E-state index in [0.717, 1.165) is 29.1 Å². The molecule has 1 aliphatic heterocycles. The summed E-state index contributed by atoms with van der Waals surface area (Å²) in [6, 6.07) is 3.41. The first-order valence-electron chi connectivity index (χ1n) is 6.72. The van der Waals surface area contributed by atoms with Crippen LogP contribution in [0.2, 0.25) is 5.02 Å². The molecule has 1 heterocycles. The second-order valence-electron chi connectivity index (χ2n) is 4.86. The molecule has 2 rings (SSSR count). The SMILES string of the molecule is CCCNC1C(=O)Nc2cc(SC(C)CO)c(Cl)cc21. The van der Waals surface area contributed by atoms with Crippen molar-refractivity contribution >= 4 is 35.0 Å². The number of rotatable bonds is 6. The number of anilines is 1. The molecule has 0 saturated heterocycles. The van der Waals surface area contributed by atoms with Gasteiger partial charge in [-0.1, -0.05) is 25.4 Å². The van der Waals surface area contributed by atoms with Crippen molar-refractivity contribution in [2.75, 3.05) is 18.5 Å². The summed E-state index contributed by atoms with van der Waals surface area (Å²) in [5.41, 5.74) is 1.70. The molecule has 1 aromatic carbocycles. The Labute approximate surface area is 128 Å². The van der Waals surface area contributed by atoms with Gasteiger partial charge in [-0.15, -0.1) is 11.8 Å². The maximum Gasteiger partial charge on any atom is 0.246 e. The first-order valence-corrected chi connectivity index (χ1v) is 7.97. The Balaban J connectivity index is 2.25. The van der Waals surface area contributed by atoms with E-state index in [0.29, 0.717) is 5.02 Å². The zero-order chi connectivity index (χ0) is 14.7. The molecule has 3 N–H and O–H groups in total. The lowest BCUT2D eigenvalue weighted by atomic mass is 10.1. The highest BCUT2D eigenvalue weighted by molar-refractivity contribution is 8.00. The van der Waals surface area contributed by atoms with Crippen molar-refractivity contribution in [3.63, 3.8) is 0 Å². The van der Waals surface area contributed by atoms with Crippen molar-refractivity contribution in [1.29, 1.82) is 0 Å². The number of aliphatic hydroxyl groups is 1. The largest absolute Gasteiger partial charge is 0.395 e. The van der Waals surface area contributed by atoms with E-state index in [1.165, 1.54) is 11.8 Å². The maximum absolute atomic E-state index is 12.0. The van der Waals surface area contributed by atoms with Gasteiger partial charge < -0.3 is 15.7 Å². The second kappa shape index (κ2) is 6.80. The predicted molar refractivity (Wildman–Crippen MR) is 83.5 cm³/mol. The molecule has 110 valence electrons. The molecule has 1 amide bonds. The molecule has 0 aromatic heterocycles. The van der Waals surface area contributed by atoms with Crippen LogP contribution in [0.1, 0.15) is 31.9 Å². The number of carbonyl (C=O) groups excluding carboxylic acids is 1. The average Bonchev–Trinajstić information content (AvgIpc) is 2.72. The van der Waals surface area contributed by atoms with Crippen molar-refractivity contribution in [1.82, 2.24) is 5.32 Å². The van der Waals surface area contributed by atoms with Crippen LogP contribution in [0.25, 0.3) is 0 Å². The molecule has 2 atom stereocenters. The van der Waals surface area contributed by atoms with Gasteiger partial charge in [0.1, 0.15) is 6.04 Å². The summed E-state index contributed by atoms with van der Waals surface area (Å²) in [4.78, 5) is 12.9. The highest BCUT2D eigenvalue weighted by Crippen LogP contribution is 2.39. The van der Waals surface area contributed by atoms with Crippen LogP contribution in [0.5, 0.6) is 0 Å². The minimum absolute atomic E-state index is 0.0399. The molecule has 0 bridgehead atoms. The molecule has 20 heavy (non-hydrogen) atoms. The first-order chi connectivity index (χ1) is 9.56. The molecule has 4 nitrogen and oxygen atoms in total. The molecule has 0 aliphatic carbocycles. The monoisotopic (exact) mass is 314 g/mol. The summed E-state index contributed by atoms with van der Waals surface area (Å²) < 4.78 is 0. The highest BCUT2D eigenvalue weighted by atomic mass is 35.5. The van der Waals surface area contributed by atoms with E-state index in [1.807, 2.05) is 19.1 Å². The number of thioether (sulfide) groups is 1. The van der Waals surface area contributed by atoms with Crippen molar-refractivity contribution in [3.05, 3.63) is 22.7 Å². The third-order valence-electron chi connectivity index (χ3n) is 3.12. The minimum atomic E-state index is -0.322. The number of fused-ring (bicyclic) bond motifs is 1. The van der Waals surface area contributed by atoms with Gasteiger partial charge in [0.2, 0.25) is 5.91 Å².